The summed E-state index contributed by atoms with van der Waals surface area (Å²) in [6.07, 6.45) is -2.38. The van der Waals surface area contributed by atoms with Crippen LogP contribution in [0.4, 0.5) is 43.9 Å². The highest BCUT2D eigenvalue weighted by molar-refractivity contribution is 5.65. The van der Waals surface area contributed by atoms with E-state index in [9.17, 15) is 43.9 Å². The van der Waals surface area contributed by atoms with E-state index >= 15 is 0 Å². The highest BCUT2D eigenvalue weighted by Gasteiger charge is 2.41. The molecule has 0 radical (unpaired) electrons. The lowest BCUT2D eigenvalue weighted by Crippen LogP contribution is -2.25. The van der Waals surface area contributed by atoms with Crippen molar-refractivity contribution in [3.63, 3.8) is 0 Å². The summed E-state index contributed by atoms with van der Waals surface area (Å²) in [5.41, 5.74) is -3.75. The number of hydrogen-bond donors (Lipinski definition) is 0. The molecule has 42 heavy (non-hydrogen) atoms. The maximum absolute atomic E-state index is 14.8. The summed E-state index contributed by atoms with van der Waals surface area (Å²) in [5.74, 6) is -8.82. The largest absolute Gasteiger partial charge is 0.432 e. The Morgan fingerprint density at radius 2 is 1.29 bits per heavy atom. The standard InChI is InChI=1S/C31H16F10O/c1-2-3-4-16-9-22(32)21(23(33)10-16)7-5-17-11-25(35)29(26(36)12-17)31(40,41)42-19-6-8-20(24(34)15-19)18-13-27(37)30(39)28(38)14-18/h2,6,8-15H,1,3-4H2. The SMILES string of the molecule is C=CCCc1cc(F)c(C#Cc2cc(F)c(C(F)(F)Oc3ccc(-c4cc(F)c(F)c(F)c4)c(F)c3)c(F)c2)c(F)c1. The second-order valence-electron chi connectivity index (χ2n) is 8.84. The first-order valence-corrected chi connectivity index (χ1v) is 11.9. The highest BCUT2D eigenvalue weighted by Crippen LogP contribution is 2.37. The van der Waals surface area contributed by atoms with Crippen molar-refractivity contribution in [1.29, 1.82) is 0 Å². The normalized spacial score (nSPS) is 11.2. The van der Waals surface area contributed by atoms with Gasteiger partial charge in [-0.3, -0.25) is 0 Å². The maximum Gasteiger partial charge on any atom is 0.432 e. The van der Waals surface area contributed by atoms with E-state index in [4.69, 9.17) is 0 Å². The van der Waals surface area contributed by atoms with E-state index in [0.29, 0.717) is 48.7 Å². The zero-order chi connectivity index (χ0) is 30.8. The lowest BCUT2D eigenvalue weighted by Gasteiger charge is -2.20. The minimum atomic E-state index is -4.71. The van der Waals surface area contributed by atoms with Gasteiger partial charge in [0.05, 0.1) is 5.56 Å². The molecule has 0 amide bonds. The van der Waals surface area contributed by atoms with Crippen LogP contribution in [-0.2, 0) is 12.5 Å². The molecule has 0 aliphatic heterocycles. The predicted molar refractivity (Wildman–Crippen MR) is 133 cm³/mol. The number of hydrogen-bond acceptors (Lipinski definition) is 1. The molecule has 0 aromatic heterocycles. The molecule has 4 aromatic rings. The Balaban J connectivity index is 1.59. The monoisotopic (exact) mass is 594 g/mol. The smallest absolute Gasteiger partial charge is 0.429 e. The van der Waals surface area contributed by atoms with Gasteiger partial charge in [0.2, 0.25) is 0 Å². The van der Waals surface area contributed by atoms with E-state index in [2.05, 4.69) is 23.2 Å². The van der Waals surface area contributed by atoms with E-state index in [0.717, 1.165) is 24.3 Å². The van der Waals surface area contributed by atoms with Crippen LogP contribution in [0.5, 0.6) is 5.75 Å². The lowest BCUT2D eigenvalue weighted by molar-refractivity contribution is -0.189. The molecule has 0 saturated heterocycles. The third kappa shape index (κ3) is 6.43. The minimum Gasteiger partial charge on any atom is -0.429 e. The Labute approximate surface area is 232 Å². The molecule has 1 nitrogen and oxygen atoms in total. The second-order valence-corrected chi connectivity index (χ2v) is 8.84. The van der Waals surface area contributed by atoms with Crippen molar-refractivity contribution in [2.45, 2.75) is 19.0 Å². The predicted octanol–water partition coefficient (Wildman–Crippen LogP) is 9.11. The molecule has 216 valence electrons. The van der Waals surface area contributed by atoms with Crippen LogP contribution < -0.4 is 4.74 Å². The van der Waals surface area contributed by atoms with Gasteiger partial charge in [-0.25, -0.2) is 35.1 Å². The summed E-state index contributed by atoms with van der Waals surface area (Å²) in [5, 5.41) is 0. The molecule has 11 heteroatoms. The van der Waals surface area contributed by atoms with Gasteiger partial charge >= 0.3 is 6.11 Å². The third-order valence-corrected chi connectivity index (χ3v) is 5.89. The van der Waals surface area contributed by atoms with Gasteiger partial charge in [0.15, 0.2) is 17.5 Å². The molecule has 0 heterocycles. The minimum absolute atomic E-state index is 0.310. The highest BCUT2D eigenvalue weighted by atomic mass is 19.3. The van der Waals surface area contributed by atoms with E-state index in [1.54, 1.807) is 6.08 Å². The van der Waals surface area contributed by atoms with Gasteiger partial charge in [-0.1, -0.05) is 17.9 Å². The first-order valence-electron chi connectivity index (χ1n) is 11.9. The summed E-state index contributed by atoms with van der Waals surface area (Å²) in [6, 6.07) is 5.66. The third-order valence-electron chi connectivity index (χ3n) is 5.89. The summed E-state index contributed by atoms with van der Waals surface area (Å²) in [6.45, 7) is 3.51. The van der Waals surface area contributed by atoms with E-state index < -0.39 is 86.2 Å². The molecule has 0 fully saturated rings. The second kappa shape index (κ2) is 12.0. The maximum atomic E-state index is 14.8. The molecule has 0 aliphatic rings. The number of ether oxygens (including phenoxy) is 1. The zero-order valence-corrected chi connectivity index (χ0v) is 21.1. The molecule has 0 spiro atoms. The van der Waals surface area contributed by atoms with Crippen molar-refractivity contribution in [2.75, 3.05) is 0 Å². The van der Waals surface area contributed by atoms with Crippen molar-refractivity contribution in [3.8, 4) is 28.7 Å². The van der Waals surface area contributed by atoms with Gasteiger partial charge < -0.3 is 4.74 Å². The van der Waals surface area contributed by atoms with E-state index in [1.165, 1.54) is 0 Å². The molecule has 0 unspecified atom stereocenters. The average molecular weight is 594 g/mol. The van der Waals surface area contributed by atoms with E-state index in [1.807, 2.05) is 0 Å². The summed E-state index contributed by atoms with van der Waals surface area (Å²) in [7, 11) is 0. The molecule has 4 rings (SSSR count). The van der Waals surface area contributed by atoms with Crippen LogP contribution in [0, 0.1) is 58.4 Å². The molecule has 0 bridgehead atoms. The fourth-order valence-corrected chi connectivity index (χ4v) is 3.92. The average Bonchev–Trinajstić information content (AvgIpc) is 2.89. The van der Waals surface area contributed by atoms with Crippen molar-refractivity contribution < 1.29 is 48.6 Å². The van der Waals surface area contributed by atoms with Crippen molar-refractivity contribution in [3.05, 3.63) is 136 Å². The van der Waals surface area contributed by atoms with Gasteiger partial charge in [0.25, 0.3) is 0 Å². The lowest BCUT2D eigenvalue weighted by atomic mass is 10.0. The van der Waals surface area contributed by atoms with Crippen LogP contribution >= 0.6 is 0 Å². The summed E-state index contributed by atoms with van der Waals surface area (Å²) in [4.78, 5) is 0. The fraction of sp³-hybridized carbons (Fsp3) is 0.0968. The van der Waals surface area contributed by atoms with Crippen molar-refractivity contribution in [2.24, 2.45) is 0 Å². The van der Waals surface area contributed by atoms with Gasteiger partial charge in [0.1, 0.15) is 40.4 Å². The van der Waals surface area contributed by atoms with Crippen molar-refractivity contribution in [1.82, 2.24) is 0 Å². The Hall–Kier alpha value is -4.72. The molecule has 0 atom stereocenters. The number of halogens is 10. The number of allylic oxidation sites excluding steroid dienone is 1. The van der Waals surface area contributed by atoms with Gasteiger partial charge in [0, 0.05) is 17.2 Å². The molecular weight excluding hydrogens is 578 g/mol. The molecular formula is C31H16F10O. The van der Waals surface area contributed by atoms with Gasteiger partial charge in [-0.05, 0) is 72.5 Å². The Bertz CT molecular complexity index is 1680. The van der Waals surface area contributed by atoms with Gasteiger partial charge in [-0.15, -0.1) is 6.58 Å². The summed E-state index contributed by atoms with van der Waals surface area (Å²) < 4.78 is 147. The van der Waals surface area contributed by atoms with Crippen molar-refractivity contribution >= 4 is 0 Å². The number of benzene rings is 4. The zero-order valence-electron chi connectivity index (χ0n) is 21.1. The molecule has 0 aliphatic carbocycles. The number of aryl methyl sites for hydroxylation is 1. The topological polar surface area (TPSA) is 9.23 Å². The van der Waals surface area contributed by atoms with Crippen LogP contribution in [0.1, 0.15) is 28.7 Å². The molecule has 4 aromatic carbocycles. The molecule has 0 saturated carbocycles. The Morgan fingerprint density at radius 3 is 1.83 bits per heavy atom. The number of rotatable bonds is 7. The van der Waals surface area contributed by atoms with Crippen LogP contribution in [0.25, 0.3) is 11.1 Å². The first kappa shape index (κ1) is 30.2. The van der Waals surface area contributed by atoms with Crippen LogP contribution in [0.3, 0.4) is 0 Å². The Kier molecular flexibility index (Phi) is 8.66. The Morgan fingerprint density at radius 1 is 0.690 bits per heavy atom. The number of alkyl halides is 2. The van der Waals surface area contributed by atoms with Crippen LogP contribution in [0.2, 0.25) is 0 Å². The molecule has 0 N–H and O–H groups in total. The van der Waals surface area contributed by atoms with Crippen LogP contribution in [-0.4, -0.2) is 0 Å². The van der Waals surface area contributed by atoms with Crippen LogP contribution in [0.15, 0.2) is 67.3 Å². The summed E-state index contributed by atoms with van der Waals surface area (Å²) >= 11 is 0. The van der Waals surface area contributed by atoms with E-state index in [-0.39, 0.29) is 0 Å². The fourth-order valence-electron chi connectivity index (χ4n) is 3.92. The van der Waals surface area contributed by atoms with Gasteiger partial charge in [-0.2, -0.15) is 8.78 Å². The quantitative estimate of drug-likeness (QED) is 0.0898. The first-order chi connectivity index (χ1) is 19.8.